The predicted octanol–water partition coefficient (Wildman–Crippen LogP) is 1.88. The number of benzene rings is 2. The highest BCUT2D eigenvalue weighted by Crippen LogP contribution is 2.60. The number of Topliss-reactive ketones (excluding diaryl/α,β-unsaturated/α-hetero) is 3. The van der Waals surface area contributed by atoms with E-state index in [1.165, 1.54) is 6.07 Å². The van der Waals surface area contributed by atoms with Crippen molar-refractivity contribution in [2.75, 3.05) is 0 Å². The van der Waals surface area contributed by atoms with Crippen LogP contribution in [0.15, 0.2) is 29.3 Å². The summed E-state index contributed by atoms with van der Waals surface area (Å²) in [5.41, 5.74) is -3.06. The van der Waals surface area contributed by atoms with Crippen molar-refractivity contribution in [3.63, 3.8) is 0 Å². The van der Waals surface area contributed by atoms with Crippen LogP contribution in [0.25, 0.3) is 0 Å². The Hall–Kier alpha value is -3.97. The largest absolute Gasteiger partial charge is 0.508 e. The first-order valence-corrected chi connectivity index (χ1v) is 13.7. The third kappa shape index (κ3) is 3.12. The van der Waals surface area contributed by atoms with Gasteiger partial charge in [-0.15, -0.1) is 0 Å². The lowest BCUT2D eigenvalue weighted by molar-refractivity contribution is -0.257. The molecule has 0 saturated carbocycles. The van der Waals surface area contributed by atoms with E-state index < -0.39 is 88.8 Å². The zero-order valence-electron chi connectivity index (χ0n) is 22.9. The van der Waals surface area contributed by atoms with E-state index in [9.17, 15) is 39.9 Å². The van der Waals surface area contributed by atoms with Gasteiger partial charge in [0.2, 0.25) is 0 Å². The van der Waals surface area contributed by atoms with Crippen LogP contribution in [0.1, 0.15) is 70.4 Å². The number of carbonyl (C=O) groups is 3. The molecule has 5 N–H and O–H groups in total. The van der Waals surface area contributed by atoms with Crippen molar-refractivity contribution in [1.82, 2.24) is 0 Å². The minimum absolute atomic E-state index is 0.00981. The van der Waals surface area contributed by atoms with Crippen molar-refractivity contribution in [3.8, 4) is 28.7 Å². The molecule has 7 rings (SSSR count). The summed E-state index contributed by atoms with van der Waals surface area (Å²) in [7, 11) is 0. The monoisotopic (exact) mass is 580 g/mol. The molecule has 2 aromatic carbocycles. The number of ketones is 3. The van der Waals surface area contributed by atoms with E-state index in [1.807, 2.05) is 0 Å². The zero-order valence-corrected chi connectivity index (χ0v) is 22.9. The van der Waals surface area contributed by atoms with Gasteiger partial charge in [0.25, 0.3) is 0 Å². The standard InChI is InChI=1S/C30H28O12/c1-8-17-20(23(34)10(3)39-8)25(36)21-19(24(17)35)15(33)7-16-27(21)41-29-13-5-12(31)6-14(32)18(13)26(37)22-9(2)40-11(4)28(38)30(22,29)42-16/h5-11,22-23,28-29,31-34,38H,1-4H3. The zero-order chi connectivity index (χ0) is 30.2. The van der Waals surface area contributed by atoms with Crippen LogP contribution in [0, 0.1) is 5.92 Å². The lowest BCUT2D eigenvalue weighted by atomic mass is 9.62. The maximum Gasteiger partial charge on any atom is 0.197 e. The number of fused-ring (bicyclic) bond motifs is 5. The number of aliphatic hydroxyl groups is 2. The minimum Gasteiger partial charge on any atom is -0.508 e. The molecule has 2 aromatic rings. The molecule has 9 unspecified atom stereocenters. The van der Waals surface area contributed by atoms with Gasteiger partial charge in [-0.3, -0.25) is 14.4 Å². The van der Waals surface area contributed by atoms with Crippen LogP contribution >= 0.6 is 0 Å². The Bertz CT molecular complexity index is 1660. The van der Waals surface area contributed by atoms with Gasteiger partial charge in [-0.1, -0.05) is 0 Å². The number of ether oxygens (including phenoxy) is 4. The molecule has 9 atom stereocenters. The van der Waals surface area contributed by atoms with Gasteiger partial charge in [-0.2, -0.15) is 0 Å². The lowest BCUT2D eigenvalue weighted by Crippen LogP contribution is -2.72. The molecule has 5 aliphatic rings. The summed E-state index contributed by atoms with van der Waals surface area (Å²) in [5.74, 6) is -5.38. The Balaban J connectivity index is 1.50. The van der Waals surface area contributed by atoms with Crippen molar-refractivity contribution in [1.29, 1.82) is 0 Å². The molecule has 12 heteroatoms. The number of aliphatic hydroxyl groups excluding tert-OH is 2. The Morgan fingerprint density at radius 2 is 1.43 bits per heavy atom. The van der Waals surface area contributed by atoms with E-state index in [1.54, 1.807) is 27.7 Å². The number of carbonyl (C=O) groups excluding carboxylic acids is 3. The Kier molecular flexibility index (Phi) is 5.47. The van der Waals surface area contributed by atoms with Gasteiger partial charge in [0.15, 0.2) is 40.6 Å². The molecule has 0 radical (unpaired) electrons. The average Bonchev–Trinajstić information content (AvgIpc) is 2.90. The second-order valence-electron chi connectivity index (χ2n) is 11.6. The maximum absolute atomic E-state index is 14.1. The second-order valence-corrected chi connectivity index (χ2v) is 11.6. The van der Waals surface area contributed by atoms with Crippen LogP contribution in [0.4, 0.5) is 0 Å². The Labute approximate surface area is 238 Å². The molecule has 12 nitrogen and oxygen atoms in total. The molecule has 220 valence electrons. The van der Waals surface area contributed by atoms with Gasteiger partial charge >= 0.3 is 0 Å². The second kappa shape index (κ2) is 8.54. The summed E-state index contributed by atoms with van der Waals surface area (Å²) >= 11 is 0. The summed E-state index contributed by atoms with van der Waals surface area (Å²) in [6, 6.07) is 3.28. The molecule has 0 bridgehead atoms. The van der Waals surface area contributed by atoms with E-state index in [4.69, 9.17) is 18.9 Å². The molecule has 1 saturated heterocycles. The Morgan fingerprint density at radius 3 is 2.14 bits per heavy atom. The van der Waals surface area contributed by atoms with Gasteiger partial charge in [0.1, 0.15) is 29.5 Å². The van der Waals surface area contributed by atoms with E-state index in [-0.39, 0.29) is 44.9 Å². The van der Waals surface area contributed by atoms with Crippen molar-refractivity contribution in [2.45, 2.75) is 76.0 Å². The van der Waals surface area contributed by atoms with Crippen LogP contribution in [0.3, 0.4) is 0 Å². The summed E-state index contributed by atoms with van der Waals surface area (Å²) in [5, 5.41) is 54.7. The highest BCUT2D eigenvalue weighted by molar-refractivity contribution is 6.30. The minimum atomic E-state index is -1.89. The molecule has 1 spiro atoms. The fraction of sp³-hybridized carbons (Fsp3) is 0.433. The van der Waals surface area contributed by atoms with Gasteiger partial charge < -0.3 is 44.5 Å². The topological polar surface area (TPSA) is 189 Å². The molecular weight excluding hydrogens is 552 g/mol. The SMILES string of the molecule is CC1OC(C)C(O)C2=C1C(=O)c1c(O)cc3c(c1C2=O)OC1c2cc(O)cc(O)c2C(=O)C2C(C)OC(C)C(O)C12O3. The summed E-state index contributed by atoms with van der Waals surface area (Å²) in [6.45, 7) is 6.32. The third-order valence-electron chi connectivity index (χ3n) is 9.19. The van der Waals surface area contributed by atoms with Crippen LogP contribution in [-0.4, -0.2) is 85.1 Å². The fourth-order valence-corrected chi connectivity index (χ4v) is 7.47. The summed E-state index contributed by atoms with van der Waals surface area (Å²) in [6.07, 6.45) is -7.70. The van der Waals surface area contributed by atoms with E-state index >= 15 is 0 Å². The van der Waals surface area contributed by atoms with Gasteiger partial charge in [0, 0.05) is 28.8 Å². The molecule has 2 aliphatic carbocycles. The van der Waals surface area contributed by atoms with Gasteiger partial charge in [-0.05, 0) is 33.8 Å². The van der Waals surface area contributed by atoms with Crippen molar-refractivity contribution in [2.24, 2.45) is 5.92 Å². The molecule has 42 heavy (non-hydrogen) atoms. The molecule has 0 aromatic heterocycles. The molecule has 3 heterocycles. The first kappa shape index (κ1) is 26.9. The van der Waals surface area contributed by atoms with Crippen LogP contribution < -0.4 is 9.47 Å². The van der Waals surface area contributed by atoms with Crippen LogP contribution in [0.2, 0.25) is 0 Å². The summed E-state index contributed by atoms with van der Waals surface area (Å²) in [4.78, 5) is 41.7. The number of phenols is 3. The number of hydrogen-bond acceptors (Lipinski definition) is 12. The average molecular weight is 581 g/mol. The van der Waals surface area contributed by atoms with Gasteiger partial charge in [-0.25, -0.2) is 0 Å². The molecule has 0 amide bonds. The number of phenolic OH excluding ortho intramolecular Hbond substituents is 3. The molecule has 3 aliphatic heterocycles. The Morgan fingerprint density at radius 1 is 0.762 bits per heavy atom. The third-order valence-corrected chi connectivity index (χ3v) is 9.19. The van der Waals surface area contributed by atoms with E-state index in [0.29, 0.717) is 0 Å². The highest BCUT2D eigenvalue weighted by Gasteiger charge is 2.69. The van der Waals surface area contributed by atoms with Crippen molar-refractivity contribution in [3.05, 3.63) is 51.6 Å². The van der Waals surface area contributed by atoms with Gasteiger partial charge in [0.05, 0.1) is 47.0 Å². The summed E-state index contributed by atoms with van der Waals surface area (Å²) < 4.78 is 24.4. The normalized spacial score (nSPS) is 36.5. The van der Waals surface area contributed by atoms with Crippen LogP contribution in [0.5, 0.6) is 28.7 Å². The number of rotatable bonds is 0. The fourth-order valence-electron chi connectivity index (χ4n) is 7.47. The molecular formula is C30H28O12. The quantitative estimate of drug-likeness (QED) is 0.305. The highest BCUT2D eigenvalue weighted by atomic mass is 16.6. The lowest BCUT2D eigenvalue weighted by Gasteiger charge is -2.58. The smallest absolute Gasteiger partial charge is 0.197 e. The van der Waals surface area contributed by atoms with Crippen LogP contribution in [-0.2, 0) is 9.47 Å². The first-order valence-electron chi connectivity index (χ1n) is 13.7. The number of hydrogen-bond donors (Lipinski definition) is 5. The number of aromatic hydroxyl groups is 3. The van der Waals surface area contributed by atoms with E-state index in [2.05, 4.69) is 0 Å². The predicted molar refractivity (Wildman–Crippen MR) is 140 cm³/mol. The van der Waals surface area contributed by atoms with Crippen molar-refractivity contribution < 1.29 is 58.9 Å². The maximum atomic E-state index is 14.1. The first-order chi connectivity index (χ1) is 19.8. The van der Waals surface area contributed by atoms with Crippen molar-refractivity contribution >= 4 is 17.3 Å². The van der Waals surface area contributed by atoms with E-state index in [0.717, 1.165) is 12.1 Å². The molecule has 1 fully saturated rings.